The minimum atomic E-state index is -0.636. The maximum absolute atomic E-state index is 12.9. The van der Waals surface area contributed by atoms with Gasteiger partial charge in [0.2, 0.25) is 0 Å². The molecule has 92 valence electrons. The normalized spacial score (nSPS) is 15.4. The van der Waals surface area contributed by atoms with Crippen LogP contribution in [0.15, 0.2) is 18.2 Å². The number of hydrogen-bond acceptors (Lipinski definition) is 4. The minimum absolute atomic E-state index is 0.128. The summed E-state index contributed by atoms with van der Waals surface area (Å²) in [6.45, 7) is 2.35. The molecule has 1 heterocycles. The molecule has 0 bridgehead atoms. The van der Waals surface area contributed by atoms with Crippen LogP contribution in [-0.4, -0.2) is 24.6 Å². The van der Waals surface area contributed by atoms with Crippen LogP contribution in [0.3, 0.4) is 0 Å². The molecule has 1 fully saturated rings. The zero-order valence-corrected chi connectivity index (χ0v) is 9.19. The average Bonchev–Trinajstić information content (AvgIpc) is 2.23. The summed E-state index contributed by atoms with van der Waals surface area (Å²) in [6.07, 6.45) is 0.849. The van der Waals surface area contributed by atoms with Gasteiger partial charge in [-0.2, -0.15) is 0 Å². The number of halogens is 1. The van der Waals surface area contributed by atoms with Gasteiger partial charge >= 0.3 is 5.69 Å². The molecule has 0 unspecified atom stereocenters. The van der Waals surface area contributed by atoms with Gasteiger partial charge < -0.3 is 10.1 Å². The van der Waals surface area contributed by atoms with Gasteiger partial charge in [0.05, 0.1) is 17.6 Å². The summed E-state index contributed by atoms with van der Waals surface area (Å²) in [6, 6.07) is 3.33. The Labute approximate surface area is 97.7 Å². The summed E-state index contributed by atoms with van der Waals surface area (Å²) >= 11 is 0. The predicted molar refractivity (Wildman–Crippen MR) is 59.5 cm³/mol. The fourth-order valence-corrected chi connectivity index (χ4v) is 1.64. The molecule has 0 saturated carbocycles. The van der Waals surface area contributed by atoms with Crippen molar-refractivity contribution in [3.63, 3.8) is 0 Å². The van der Waals surface area contributed by atoms with Crippen molar-refractivity contribution < 1.29 is 14.1 Å². The molecule has 0 radical (unpaired) electrons. The van der Waals surface area contributed by atoms with E-state index in [9.17, 15) is 14.5 Å². The van der Waals surface area contributed by atoms with Gasteiger partial charge in [0.25, 0.3) is 0 Å². The Morgan fingerprint density at radius 2 is 2.29 bits per heavy atom. The van der Waals surface area contributed by atoms with Crippen LogP contribution in [0.5, 0.6) is 5.75 Å². The zero-order chi connectivity index (χ0) is 12.3. The van der Waals surface area contributed by atoms with Crippen molar-refractivity contribution in [3.05, 3.63) is 34.1 Å². The molecule has 1 saturated heterocycles. The van der Waals surface area contributed by atoms with Gasteiger partial charge in [-0.15, -0.1) is 0 Å². The van der Waals surface area contributed by atoms with E-state index in [1.54, 1.807) is 0 Å². The number of hydrogen-bond donors (Lipinski definition) is 1. The third-order valence-electron chi connectivity index (χ3n) is 2.77. The average molecular weight is 240 g/mol. The van der Waals surface area contributed by atoms with Gasteiger partial charge in [0.15, 0.2) is 5.75 Å². The lowest BCUT2D eigenvalue weighted by Crippen LogP contribution is -2.42. The highest BCUT2D eigenvalue weighted by atomic mass is 19.1. The predicted octanol–water partition coefficient (Wildman–Crippen LogP) is 1.72. The second kappa shape index (κ2) is 5.09. The van der Waals surface area contributed by atoms with E-state index in [-0.39, 0.29) is 11.4 Å². The van der Waals surface area contributed by atoms with Crippen LogP contribution >= 0.6 is 0 Å². The van der Waals surface area contributed by atoms with Crippen molar-refractivity contribution in [1.29, 1.82) is 0 Å². The molecule has 1 aliphatic rings. The topological polar surface area (TPSA) is 64.4 Å². The molecule has 0 spiro atoms. The Morgan fingerprint density at radius 3 is 2.88 bits per heavy atom. The van der Waals surface area contributed by atoms with E-state index < -0.39 is 10.7 Å². The van der Waals surface area contributed by atoms with Crippen LogP contribution in [0.4, 0.5) is 10.1 Å². The molecular weight excluding hydrogens is 227 g/mol. The highest BCUT2D eigenvalue weighted by Gasteiger charge is 2.19. The first-order valence-corrected chi connectivity index (χ1v) is 5.44. The Hall–Kier alpha value is -1.69. The first kappa shape index (κ1) is 11.8. The van der Waals surface area contributed by atoms with E-state index in [0.29, 0.717) is 12.5 Å². The third-order valence-corrected chi connectivity index (χ3v) is 2.77. The molecule has 17 heavy (non-hydrogen) atoms. The Bertz CT molecular complexity index is 421. The van der Waals surface area contributed by atoms with Gasteiger partial charge in [-0.25, -0.2) is 4.39 Å². The zero-order valence-electron chi connectivity index (χ0n) is 9.19. The molecule has 0 aromatic heterocycles. The molecule has 1 aromatic carbocycles. The first-order valence-electron chi connectivity index (χ1n) is 5.44. The van der Waals surface area contributed by atoms with Crippen LogP contribution in [-0.2, 0) is 0 Å². The lowest BCUT2D eigenvalue weighted by molar-refractivity contribution is -0.386. The number of ether oxygens (including phenoxy) is 1. The second-order valence-electron chi connectivity index (χ2n) is 4.03. The quantitative estimate of drug-likeness (QED) is 0.628. The van der Waals surface area contributed by atoms with Crippen molar-refractivity contribution >= 4 is 5.69 Å². The fraction of sp³-hybridized carbons (Fsp3) is 0.455. The van der Waals surface area contributed by atoms with Crippen LogP contribution in [0.2, 0.25) is 0 Å². The molecule has 0 amide bonds. The van der Waals surface area contributed by atoms with E-state index in [2.05, 4.69) is 5.32 Å². The van der Waals surface area contributed by atoms with E-state index in [1.807, 2.05) is 0 Å². The smallest absolute Gasteiger partial charge is 0.313 e. The summed E-state index contributed by atoms with van der Waals surface area (Å²) in [5, 5.41) is 13.8. The van der Waals surface area contributed by atoms with Crippen molar-refractivity contribution in [3.8, 4) is 5.75 Å². The highest BCUT2D eigenvalue weighted by molar-refractivity contribution is 5.46. The van der Waals surface area contributed by atoms with Crippen LogP contribution < -0.4 is 10.1 Å². The maximum atomic E-state index is 12.9. The Morgan fingerprint density at radius 1 is 1.53 bits per heavy atom. The van der Waals surface area contributed by atoms with E-state index >= 15 is 0 Å². The maximum Gasteiger partial charge on any atom is 0.313 e. The van der Waals surface area contributed by atoms with Crippen LogP contribution in [0, 0.1) is 21.8 Å². The summed E-state index contributed by atoms with van der Waals surface area (Å²) in [5.41, 5.74) is -0.322. The molecular formula is C11H13FN2O3. The van der Waals surface area contributed by atoms with Crippen molar-refractivity contribution in [1.82, 2.24) is 5.32 Å². The van der Waals surface area contributed by atoms with E-state index in [1.165, 1.54) is 6.07 Å². The molecule has 2 rings (SSSR count). The summed E-state index contributed by atoms with van der Waals surface area (Å²) in [4.78, 5) is 10.1. The number of rotatable bonds is 5. The van der Waals surface area contributed by atoms with Gasteiger partial charge in [0, 0.05) is 0 Å². The van der Waals surface area contributed by atoms with Crippen molar-refractivity contribution in [2.75, 3.05) is 19.7 Å². The lowest BCUT2D eigenvalue weighted by atomic mass is 10.0. The summed E-state index contributed by atoms with van der Waals surface area (Å²) < 4.78 is 18.2. The number of benzene rings is 1. The van der Waals surface area contributed by atoms with Crippen LogP contribution in [0.25, 0.3) is 0 Å². The van der Waals surface area contributed by atoms with Gasteiger partial charge in [-0.1, -0.05) is 0 Å². The summed E-state index contributed by atoms with van der Waals surface area (Å²) in [7, 11) is 0. The Balaban J connectivity index is 1.96. The number of nitro groups is 1. The largest absolute Gasteiger partial charge is 0.487 e. The third kappa shape index (κ3) is 2.91. The molecule has 1 aliphatic heterocycles. The standard InChI is InChI=1S/C11H13FN2O3/c12-9-1-2-11(10(5-9)14(15)16)17-4-3-8-6-13-7-8/h1-2,5,8,13H,3-4,6-7H2. The minimum Gasteiger partial charge on any atom is -0.487 e. The first-order chi connectivity index (χ1) is 8.16. The highest BCUT2D eigenvalue weighted by Crippen LogP contribution is 2.27. The number of nitro benzene ring substituents is 1. The lowest BCUT2D eigenvalue weighted by Gasteiger charge is -2.26. The fourth-order valence-electron chi connectivity index (χ4n) is 1.64. The molecule has 1 aromatic rings. The van der Waals surface area contributed by atoms with Crippen molar-refractivity contribution in [2.24, 2.45) is 5.92 Å². The van der Waals surface area contributed by atoms with E-state index in [0.717, 1.165) is 31.6 Å². The monoisotopic (exact) mass is 240 g/mol. The molecule has 0 atom stereocenters. The van der Waals surface area contributed by atoms with E-state index in [4.69, 9.17) is 4.74 Å². The number of nitrogens with one attached hydrogen (secondary N) is 1. The summed E-state index contributed by atoms with van der Waals surface area (Å²) in [5.74, 6) is 0.0745. The molecule has 6 heteroatoms. The van der Waals surface area contributed by atoms with Gasteiger partial charge in [0.1, 0.15) is 5.82 Å². The number of nitrogens with zero attached hydrogens (tertiary/aromatic N) is 1. The second-order valence-corrected chi connectivity index (χ2v) is 4.03. The van der Waals surface area contributed by atoms with Gasteiger partial charge in [-0.3, -0.25) is 10.1 Å². The molecule has 5 nitrogen and oxygen atoms in total. The molecule has 1 N–H and O–H groups in total. The SMILES string of the molecule is O=[N+]([O-])c1cc(F)ccc1OCCC1CNC1. The van der Waals surface area contributed by atoms with Crippen molar-refractivity contribution in [2.45, 2.75) is 6.42 Å². The van der Waals surface area contributed by atoms with Gasteiger partial charge in [-0.05, 0) is 37.6 Å². The Kier molecular flexibility index (Phi) is 3.53. The molecule has 0 aliphatic carbocycles. The van der Waals surface area contributed by atoms with Crippen LogP contribution in [0.1, 0.15) is 6.42 Å².